The fourth-order valence-electron chi connectivity index (χ4n) is 3.84. The van der Waals surface area contributed by atoms with Gasteiger partial charge in [-0.05, 0) is 44.0 Å². The van der Waals surface area contributed by atoms with Gasteiger partial charge < -0.3 is 14.2 Å². The molecule has 2 heterocycles. The summed E-state index contributed by atoms with van der Waals surface area (Å²) in [4.78, 5) is 28.0. The maximum Gasteiger partial charge on any atom is 0.289 e. The second kappa shape index (κ2) is 8.61. The number of carbonyl (C=O) groups excluding carboxylic acids is 2. The van der Waals surface area contributed by atoms with Crippen molar-refractivity contribution in [2.45, 2.75) is 25.7 Å². The van der Waals surface area contributed by atoms with Crippen molar-refractivity contribution in [1.82, 2.24) is 14.1 Å². The first-order valence-electron chi connectivity index (χ1n) is 9.76. The predicted octanol–water partition coefficient (Wildman–Crippen LogP) is 1.81. The number of piperazine rings is 1. The van der Waals surface area contributed by atoms with E-state index in [1.54, 1.807) is 30.9 Å². The Labute approximate surface area is 177 Å². The molecule has 0 unspecified atom stereocenters. The molecule has 1 aromatic carbocycles. The van der Waals surface area contributed by atoms with Gasteiger partial charge in [0.25, 0.3) is 5.91 Å². The SMILES string of the molecule is Cc1cc(C)c(S(=O)(=O)N2CCN(C(=O)CN(C)C(=O)c3ccco3)CC2)c(C)c1. The highest BCUT2D eigenvalue weighted by Crippen LogP contribution is 2.26. The van der Waals surface area contributed by atoms with Crippen molar-refractivity contribution in [2.75, 3.05) is 39.8 Å². The molecule has 2 aromatic rings. The summed E-state index contributed by atoms with van der Waals surface area (Å²) in [6.45, 7) is 6.46. The smallest absolute Gasteiger partial charge is 0.289 e. The van der Waals surface area contributed by atoms with Gasteiger partial charge in [0.05, 0.1) is 17.7 Å². The Morgan fingerprint density at radius 1 is 1.07 bits per heavy atom. The minimum absolute atomic E-state index is 0.0948. The number of carbonyl (C=O) groups is 2. The number of furan rings is 1. The van der Waals surface area contributed by atoms with E-state index < -0.39 is 10.0 Å². The molecule has 3 rings (SSSR count). The van der Waals surface area contributed by atoms with Gasteiger partial charge in [0.1, 0.15) is 0 Å². The Bertz CT molecular complexity index is 1020. The number of hydrogen-bond donors (Lipinski definition) is 0. The number of nitrogens with zero attached hydrogens (tertiary/aromatic N) is 3. The number of sulfonamides is 1. The number of rotatable bonds is 5. The number of aryl methyl sites for hydroxylation is 3. The lowest BCUT2D eigenvalue weighted by Gasteiger charge is -2.35. The van der Waals surface area contributed by atoms with Gasteiger partial charge in [0.15, 0.2) is 5.76 Å². The Balaban J connectivity index is 1.63. The second-order valence-corrected chi connectivity index (χ2v) is 9.53. The summed E-state index contributed by atoms with van der Waals surface area (Å²) in [6.07, 6.45) is 1.40. The molecule has 1 fully saturated rings. The zero-order chi connectivity index (χ0) is 22.1. The average molecular weight is 434 g/mol. The van der Waals surface area contributed by atoms with Crippen LogP contribution in [0, 0.1) is 20.8 Å². The minimum Gasteiger partial charge on any atom is -0.459 e. The standard InChI is InChI=1S/C21H27N3O5S/c1-15-12-16(2)20(17(3)13-15)30(27,28)24-9-7-23(8-10-24)19(25)14-22(4)21(26)18-6-5-11-29-18/h5-6,11-13H,7-10,14H2,1-4H3. The van der Waals surface area contributed by atoms with Crippen molar-refractivity contribution in [3.05, 3.63) is 53.0 Å². The van der Waals surface area contributed by atoms with Crippen molar-refractivity contribution in [3.63, 3.8) is 0 Å². The highest BCUT2D eigenvalue weighted by atomic mass is 32.2. The molecule has 0 atom stereocenters. The Morgan fingerprint density at radius 2 is 1.67 bits per heavy atom. The fraction of sp³-hybridized carbons (Fsp3) is 0.429. The first-order chi connectivity index (χ1) is 14.1. The van der Waals surface area contributed by atoms with E-state index in [2.05, 4.69) is 0 Å². The molecule has 162 valence electrons. The summed E-state index contributed by atoms with van der Waals surface area (Å²) in [6, 6.07) is 6.89. The molecule has 2 amide bonds. The van der Waals surface area contributed by atoms with Gasteiger partial charge in [-0.25, -0.2) is 8.42 Å². The first kappa shape index (κ1) is 22.0. The van der Waals surface area contributed by atoms with E-state index in [0.29, 0.717) is 4.90 Å². The van der Waals surface area contributed by atoms with Gasteiger partial charge in [-0.15, -0.1) is 0 Å². The van der Waals surface area contributed by atoms with Gasteiger partial charge in [0, 0.05) is 33.2 Å². The molecule has 1 aromatic heterocycles. The van der Waals surface area contributed by atoms with Crippen LogP contribution < -0.4 is 0 Å². The third-order valence-corrected chi connectivity index (χ3v) is 7.45. The Morgan fingerprint density at radius 3 is 2.20 bits per heavy atom. The van der Waals surface area contributed by atoms with Crippen LogP contribution in [0.5, 0.6) is 0 Å². The van der Waals surface area contributed by atoms with Crippen molar-refractivity contribution in [2.24, 2.45) is 0 Å². The fourth-order valence-corrected chi connectivity index (χ4v) is 5.68. The van der Waals surface area contributed by atoms with Gasteiger partial charge in [0.2, 0.25) is 15.9 Å². The predicted molar refractivity (Wildman–Crippen MR) is 112 cm³/mol. The molecule has 9 heteroatoms. The summed E-state index contributed by atoms with van der Waals surface area (Å²) in [5.41, 5.74) is 2.47. The molecule has 0 aliphatic carbocycles. The first-order valence-corrected chi connectivity index (χ1v) is 11.2. The second-order valence-electron chi connectivity index (χ2n) is 7.65. The molecular weight excluding hydrogens is 406 g/mol. The number of hydrogen-bond acceptors (Lipinski definition) is 5. The van der Waals surface area contributed by atoms with Gasteiger partial charge in [-0.1, -0.05) is 17.7 Å². The molecule has 1 aliphatic rings. The van der Waals surface area contributed by atoms with E-state index in [4.69, 9.17) is 4.42 Å². The lowest BCUT2D eigenvalue weighted by atomic mass is 10.1. The van der Waals surface area contributed by atoms with E-state index in [1.807, 2.05) is 19.1 Å². The van der Waals surface area contributed by atoms with Crippen LogP contribution in [0.25, 0.3) is 0 Å². The van der Waals surface area contributed by atoms with Crippen molar-refractivity contribution >= 4 is 21.8 Å². The van der Waals surface area contributed by atoms with Crippen LogP contribution >= 0.6 is 0 Å². The number of benzene rings is 1. The summed E-state index contributed by atoms with van der Waals surface area (Å²) < 4.78 is 32.9. The van der Waals surface area contributed by atoms with E-state index in [9.17, 15) is 18.0 Å². The topological polar surface area (TPSA) is 91.1 Å². The molecule has 0 saturated carbocycles. The quantitative estimate of drug-likeness (QED) is 0.717. The van der Waals surface area contributed by atoms with Crippen molar-refractivity contribution < 1.29 is 22.4 Å². The minimum atomic E-state index is -3.64. The van der Waals surface area contributed by atoms with Gasteiger partial charge in [-0.2, -0.15) is 4.31 Å². The molecule has 1 aliphatic heterocycles. The number of likely N-dealkylation sites (N-methyl/N-ethyl adjacent to an activating group) is 1. The van der Waals surface area contributed by atoms with Crippen molar-refractivity contribution in [3.8, 4) is 0 Å². The molecule has 1 saturated heterocycles. The monoisotopic (exact) mass is 433 g/mol. The summed E-state index contributed by atoms with van der Waals surface area (Å²) in [7, 11) is -2.10. The molecular formula is C21H27N3O5S. The third kappa shape index (κ3) is 4.41. The van der Waals surface area contributed by atoms with Crippen LogP contribution in [0.2, 0.25) is 0 Å². The molecule has 0 radical (unpaired) electrons. The number of amides is 2. The van der Waals surface area contributed by atoms with Crippen LogP contribution in [-0.4, -0.2) is 74.1 Å². The van der Waals surface area contributed by atoms with E-state index in [0.717, 1.165) is 16.7 Å². The zero-order valence-electron chi connectivity index (χ0n) is 17.7. The van der Waals surface area contributed by atoms with Crippen LogP contribution in [-0.2, 0) is 14.8 Å². The molecule has 0 N–H and O–H groups in total. The van der Waals surface area contributed by atoms with Crippen LogP contribution in [0.1, 0.15) is 27.2 Å². The summed E-state index contributed by atoms with van der Waals surface area (Å²) in [5, 5.41) is 0. The van der Waals surface area contributed by atoms with E-state index >= 15 is 0 Å². The largest absolute Gasteiger partial charge is 0.459 e. The Kier molecular flexibility index (Phi) is 6.33. The maximum absolute atomic E-state index is 13.2. The lowest BCUT2D eigenvalue weighted by Crippen LogP contribution is -2.52. The van der Waals surface area contributed by atoms with Crippen LogP contribution in [0.15, 0.2) is 39.8 Å². The normalized spacial score (nSPS) is 15.3. The van der Waals surface area contributed by atoms with Crippen LogP contribution in [0.4, 0.5) is 0 Å². The molecule has 8 nitrogen and oxygen atoms in total. The highest BCUT2D eigenvalue weighted by molar-refractivity contribution is 7.89. The van der Waals surface area contributed by atoms with E-state index in [1.165, 1.54) is 22.5 Å². The zero-order valence-corrected chi connectivity index (χ0v) is 18.5. The Hall–Kier alpha value is -2.65. The highest BCUT2D eigenvalue weighted by Gasteiger charge is 2.32. The lowest BCUT2D eigenvalue weighted by molar-refractivity contribution is -0.132. The van der Waals surface area contributed by atoms with Crippen LogP contribution in [0.3, 0.4) is 0 Å². The molecule has 0 spiro atoms. The molecule has 0 bridgehead atoms. The molecule has 30 heavy (non-hydrogen) atoms. The van der Waals surface area contributed by atoms with Crippen molar-refractivity contribution in [1.29, 1.82) is 0 Å². The van der Waals surface area contributed by atoms with Gasteiger partial charge in [-0.3, -0.25) is 9.59 Å². The average Bonchev–Trinajstić information content (AvgIpc) is 3.21. The van der Waals surface area contributed by atoms with Gasteiger partial charge >= 0.3 is 0 Å². The third-order valence-electron chi connectivity index (χ3n) is 5.24. The summed E-state index contributed by atoms with van der Waals surface area (Å²) >= 11 is 0. The maximum atomic E-state index is 13.2. The van der Waals surface area contributed by atoms with E-state index in [-0.39, 0.29) is 50.3 Å². The summed E-state index contributed by atoms with van der Waals surface area (Å²) in [5.74, 6) is -0.429.